The van der Waals surface area contributed by atoms with Crippen molar-refractivity contribution in [3.8, 4) is 0 Å². The molecular weight excluding hydrogens is 238 g/mol. The second kappa shape index (κ2) is 4.85. The normalized spacial score (nSPS) is 25.6. The fourth-order valence-electron chi connectivity index (χ4n) is 3.18. The van der Waals surface area contributed by atoms with E-state index in [1.54, 1.807) is 0 Å². The summed E-state index contributed by atoms with van der Waals surface area (Å²) in [6, 6.07) is 5.64. The molecule has 0 radical (unpaired) electrons. The lowest BCUT2D eigenvalue weighted by Crippen LogP contribution is -2.19. The van der Waals surface area contributed by atoms with Gasteiger partial charge in [-0.3, -0.25) is 4.79 Å². The van der Waals surface area contributed by atoms with E-state index in [9.17, 15) is 4.79 Å². The van der Waals surface area contributed by atoms with Crippen molar-refractivity contribution in [3.63, 3.8) is 0 Å². The van der Waals surface area contributed by atoms with E-state index in [2.05, 4.69) is 29.3 Å². The van der Waals surface area contributed by atoms with Crippen LogP contribution in [0, 0.1) is 5.92 Å². The summed E-state index contributed by atoms with van der Waals surface area (Å²) in [6.07, 6.45) is 3.84. The molecule has 4 heteroatoms. The number of hydrogen-bond donors (Lipinski definition) is 2. The van der Waals surface area contributed by atoms with Crippen LogP contribution in [0.3, 0.4) is 0 Å². The van der Waals surface area contributed by atoms with E-state index in [-0.39, 0.29) is 5.91 Å². The van der Waals surface area contributed by atoms with Gasteiger partial charge in [0.05, 0.1) is 0 Å². The first kappa shape index (κ1) is 12.5. The minimum Gasteiger partial charge on any atom is -0.371 e. The number of nitrogens with two attached hydrogens (primary N) is 1. The molecule has 2 aliphatic heterocycles. The van der Waals surface area contributed by atoms with E-state index in [0.29, 0.717) is 0 Å². The number of nitrogens with zero attached hydrogens (tertiary/aromatic N) is 1. The number of hydrogen-bond acceptors (Lipinski definition) is 3. The maximum atomic E-state index is 11.6. The molecule has 1 aromatic rings. The Morgan fingerprint density at radius 2 is 2.32 bits per heavy atom. The second-order valence-corrected chi connectivity index (χ2v) is 5.63. The van der Waals surface area contributed by atoms with Crippen LogP contribution in [0.4, 0.5) is 11.4 Å². The summed E-state index contributed by atoms with van der Waals surface area (Å²) in [4.78, 5) is 14.0. The van der Waals surface area contributed by atoms with Crippen molar-refractivity contribution in [1.82, 2.24) is 0 Å². The van der Waals surface area contributed by atoms with Crippen molar-refractivity contribution in [2.45, 2.75) is 32.2 Å². The van der Waals surface area contributed by atoms with Gasteiger partial charge in [0.1, 0.15) is 6.04 Å². The minimum absolute atomic E-state index is 0.0996. The predicted octanol–water partition coefficient (Wildman–Crippen LogP) is 2.26. The van der Waals surface area contributed by atoms with E-state index in [4.69, 9.17) is 5.73 Å². The Bertz CT molecular complexity index is 500. The Balaban J connectivity index is 1.77. The zero-order chi connectivity index (χ0) is 13.4. The average molecular weight is 259 g/mol. The fraction of sp³-hybridized carbons (Fsp3) is 0.533. The maximum Gasteiger partial charge on any atom is 0.245 e. The minimum atomic E-state index is -0.504. The highest BCUT2D eigenvalue weighted by Crippen LogP contribution is 2.34. The Morgan fingerprint density at radius 3 is 3.11 bits per heavy atom. The molecule has 2 aliphatic rings. The van der Waals surface area contributed by atoms with Gasteiger partial charge in [-0.2, -0.15) is 0 Å². The summed E-state index contributed by atoms with van der Waals surface area (Å²) in [5.74, 6) is 0.715. The molecule has 19 heavy (non-hydrogen) atoms. The number of anilines is 2. The molecular formula is C15H21N3O. The molecule has 0 aromatic heterocycles. The molecule has 0 spiro atoms. The third-order valence-electron chi connectivity index (χ3n) is 4.26. The highest BCUT2D eigenvalue weighted by atomic mass is 16.2. The number of benzene rings is 1. The summed E-state index contributed by atoms with van der Waals surface area (Å²) < 4.78 is 0. The van der Waals surface area contributed by atoms with Crippen molar-refractivity contribution in [3.05, 3.63) is 23.8 Å². The SMILES string of the molecule is CCCC1CCN(c2ccc3c(c2)NC(=O)C3N)C1. The summed E-state index contributed by atoms with van der Waals surface area (Å²) in [7, 11) is 0. The number of carbonyl (C=O) groups excluding carboxylic acids is 1. The molecule has 3 rings (SSSR count). The lowest BCUT2D eigenvalue weighted by Gasteiger charge is -2.19. The van der Waals surface area contributed by atoms with Crippen LogP contribution in [-0.4, -0.2) is 19.0 Å². The van der Waals surface area contributed by atoms with Crippen LogP contribution < -0.4 is 16.0 Å². The fourth-order valence-corrected chi connectivity index (χ4v) is 3.18. The monoisotopic (exact) mass is 259 g/mol. The molecule has 3 N–H and O–H groups in total. The van der Waals surface area contributed by atoms with Gasteiger partial charge >= 0.3 is 0 Å². The van der Waals surface area contributed by atoms with Crippen LogP contribution in [-0.2, 0) is 4.79 Å². The standard InChI is InChI=1S/C15H21N3O/c1-2-3-10-6-7-18(9-10)11-4-5-12-13(8-11)17-15(19)14(12)16/h4-5,8,10,14H,2-3,6-7,9,16H2,1H3,(H,17,19). The molecule has 0 aliphatic carbocycles. The Labute approximate surface area is 114 Å². The number of amides is 1. The van der Waals surface area contributed by atoms with Gasteiger partial charge < -0.3 is 16.0 Å². The summed E-state index contributed by atoms with van der Waals surface area (Å²) in [6.45, 7) is 4.49. The van der Waals surface area contributed by atoms with Gasteiger partial charge in [-0.05, 0) is 30.9 Å². The third kappa shape index (κ3) is 2.21. The van der Waals surface area contributed by atoms with Gasteiger partial charge in [0.15, 0.2) is 0 Å². The van der Waals surface area contributed by atoms with E-state index in [0.717, 1.165) is 30.3 Å². The highest BCUT2D eigenvalue weighted by molar-refractivity contribution is 6.02. The summed E-state index contributed by atoms with van der Waals surface area (Å²) in [5, 5.41) is 2.86. The topological polar surface area (TPSA) is 58.4 Å². The smallest absolute Gasteiger partial charge is 0.245 e. The first-order valence-corrected chi connectivity index (χ1v) is 7.14. The molecule has 2 atom stereocenters. The zero-order valence-electron chi connectivity index (χ0n) is 11.4. The number of nitrogens with one attached hydrogen (secondary N) is 1. The van der Waals surface area contributed by atoms with Gasteiger partial charge in [0, 0.05) is 30.0 Å². The maximum absolute atomic E-state index is 11.6. The van der Waals surface area contributed by atoms with Crippen LogP contribution in [0.1, 0.15) is 37.8 Å². The predicted molar refractivity (Wildman–Crippen MR) is 77.2 cm³/mol. The molecule has 2 heterocycles. The van der Waals surface area contributed by atoms with Crippen molar-refractivity contribution >= 4 is 17.3 Å². The highest BCUT2D eigenvalue weighted by Gasteiger charge is 2.28. The van der Waals surface area contributed by atoms with E-state index in [1.165, 1.54) is 24.9 Å². The Morgan fingerprint density at radius 1 is 1.47 bits per heavy atom. The summed E-state index contributed by atoms with van der Waals surface area (Å²) >= 11 is 0. The van der Waals surface area contributed by atoms with E-state index in [1.807, 2.05) is 6.07 Å². The number of fused-ring (bicyclic) bond motifs is 1. The van der Waals surface area contributed by atoms with E-state index >= 15 is 0 Å². The lowest BCUT2D eigenvalue weighted by molar-refractivity contribution is -0.116. The van der Waals surface area contributed by atoms with Crippen LogP contribution >= 0.6 is 0 Å². The van der Waals surface area contributed by atoms with Gasteiger partial charge in [-0.15, -0.1) is 0 Å². The first-order chi connectivity index (χ1) is 9.19. The first-order valence-electron chi connectivity index (χ1n) is 7.14. The van der Waals surface area contributed by atoms with E-state index < -0.39 is 6.04 Å². The summed E-state index contributed by atoms with van der Waals surface area (Å²) in [5.41, 5.74) is 8.83. The third-order valence-corrected chi connectivity index (χ3v) is 4.26. The van der Waals surface area contributed by atoms with Crippen LogP contribution in [0.2, 0.25) is 0 Å². The van der Waals surface area contributed by atoms with Crippen molar-refractivity contribution in [2.75, 3.05) is 23.3 Å². The van der Waals surface area contributed by atoms with Crippen LogP contribution in [0.5, 0.6) is 0 Å². The van der Waals surface area contributed by atoms with Crippen molar-refractivity contribution in [2.24, 2.45) is 11.7 Å². The zero-order valence-corrected chi connectivity index (χ0v) is 11.4. The average Bonchev–Trinajstić information content (AvgIpc) is 2.96. The van der Waals surface area contributed by atoms with Crippen molar-refractivity contribution < 1.29 is 4.79 Å². The molecule has 102 valence electrons. The molecule has 0 saturated carbocycles. The molecule has 4 nitrogen and oxygen atoms in total. The second-order valence-electron chi connectivity index (χ2n) is 5.63. The Kier molecular flexibility index (Phi) is 3.19. The molecule has 1 saturated heterocycles. The largest absolute Gasteiger partial charge is 0.371 e. The Hall–Kier alpha value is -1.55. The molecule has 2 unspecified atom stereocenters. The van der Waals surface area contributed by atoms with Crippen LogP contribution in [0.25, 0.3) is 0 Å². The quantitative estimate of drug-likeness (QED) is 0.875. The molecule has 1 aromatic carbocycles. The van der Waals surface area contributed by atoms with Gasteiger partial charge in [0.2, 0.25) is 5.91 Å². The van der Waals surface area contributed by atoms with Crippen LogP contribution in [0.15, 0.2) is 18.2 Å². The van der Waals surface area contributed by atoms with Gasteiger partial charge in [-0.25, -0.2) is 0 Å². The van der Waals surface area contributed by atoms with Gasteiger partial charge in [0.25, 0.3) is 0 Å². The van der Waals surface area contributed by atoms with Crippen molar-refractivity contribution in [1.29, 1.82) is 0 Å². The molecule has 1 amide bonds. The molecule has 1 fully saturated rings. The number of carbonyl (C=O) groups is 1. The van der Waals surface area contributed by atoms with Gasteiger partial charge in [-0.1, -0.05) is 19.4 Å². The number of rotatable bonds is 3. The molecule has 0 bridgehead atoms. The lowest BCUT2D eigenvalue weighted by atomic mass is 10.0.